The lowest BCUT2D eigenvalue weighted by atomic mass is 9.78. The minimum atomic E-state index is -0.0285. The van der Waals surface area contributed by atoms with Crippen LogP contribution in [-0.2, 0) is 0 Å². The van der Waals surface area contributed by atoms with Crippen LogP contribution in [0.15, 0.2) is 24.3 Å². The van der Waals surface area contributed by atoms with Crippen LogP contribution in [0.2, 0.25) is 0 Å². The SMILES string of the molecule is Cc1cc(C)c(C(c2cc(C)cc(C)c2O)C(C)C)c(O)c1. The molecule has 0 heterocycles. The molecule has 0 saturated carbocycles. The molecule has 1 atom stereocenters. The van der Waals surface area contributed by atoms with Crippen LogP contribution in [0.25, 0.3) is 0 Å². The van der Waals surface area contributed by atoms with Crippen LogP contribution in [0.3, 0.4) is 0 Å². The second-order valence-electron chi connectivity index (χ2n) is 6.76. The smallest absolute Gasteiger partial charge is 0.122 e. The summed E-state index contributed by atoms with van der Waals surface area (Å²) >= 11 is 0. The van der Waals surface area contributed by atoms with E-state index in [0.717, 1.165) is 33.4 Å². The molecular weight excluding hydrogens is 272 g/mol. The van der Waals surface area contributed by atoms with E-state index in [1.54, 1.807) is 6.07 Å². The number of hydrogen-bond donors (Lipinski definition) is 2. The van der Waals surface area contributed by atoms with Crippen LogP contribution >= 0.6 is 0 Å². The maximum Gasteiger partial charge on any atom is 0.122 e. The summed E-state index contributed by atoms with van der Waals surface area (Å²) in [6.07, 6.45) is 0. The topological polar surface area (TPSA) is 40.5 Å². The van der Waals surface area contributed by atoms with Gasteiger partial charge in [0.15, 0.2) is 0 Å². The van der Waals surface area contributed by atoms with Crippen LogP contribution in [0, 0.1) is 33.6 Å². The first kappa shape index (κ1) is 16.4. The van der Waals surface area contributed by atoms with E-state index >= 15 is 0 Å². The Morgan fingerprint density at radius 2 is 1.32 bits per heavy atom. The minimum absolute atomic E-state index is 0.0285. The van der Waals surface area contributed by atoms with Crippen molar-refractivity contribution < 1.29 is 10.2 Å². The van der Waals surface area contributed by atoms with Gasteiger partial charge in [-0.2, -0.15) is 0 Å². The zero-order valence-electron chi connectivity index (χ0n) is 14.4. The molecule has 2 aromatic carbocycles. The quantitative estimate of drug-likeness (QED) is 0.825. The number of rotatable bonds is 3. The predicted molar refractivity (Wildman–Crippen MR) is 91.8 cm³/mol. The second-order valence-corrected chi connectivity index (χ2v) is 6.76. The molecule has 0 aliphatic carbocycles. The van der Waals surface area contributed by atoms with Gasteiger partial charge in [0.05, 0.1) is 0 Å². The fraction of sp³-hybridized carbons (Fsp3) is 0.400. The second kappa shape index (κ2) is 6.04. The van der Waals surface area contributed by atoms with Crippen molar-refractivity contribution in [2.75, 3.05) is 0 Å². The Hall–Kier alpha value is -1.96. The summed E-state index contributed by atoms with van der Waals surface area (Å²) in [4.78, 5) is 0. The summed E-state index contributed by atoms with van der Waals surface area (Å²) in [7, 11) is 0. The Morgan fingerprint density at radius 3 is 1.86 bits per heavy atom. The molecule has 0 aliphatic rings. The minimum Gasteiger partial charge on any atom is -0.508 e. The van der Waals surface area contributed by atoms with Gasteiger partial charge in [0.1, 0.15) is 11.5 Å². The molecular formula is C20H26O2. The average Bonchev–Trinajstić information content (AvgIpc) is 2.37. The molecule has 118 valence electrons. The highest BCUT2D eigenvalue weighted by Gasteiger charge is 2.26. The van der Waals surface area contributed by atoms with Gasteiger partial charge >= 0.3 is 0 Å². The molecule has 0 fully saturated rings. The lowest BCUT2D eigenvalue weighted by molar-refractivity contribution is 0.432. The van der Waals surface area contributed by atoms with E-state index < -0.39 is 0 Å². The molecule has 2 nitrogen and oxygen atoms in total. The van der Waals surface area contributed by atoms with Crippen LogP contribution in [0.1, 0.15) is 53.1 Å². The number of hydrogen-bond acceptors (Lipinski definition) is 2. The standard InChI is InChI=1S/C20H26O2/c1-11(2)18(16-9-12(3)8-15(6)20(16)22)19-14(5)7-13(4)10-17(19)21/h7-11,18,21-22H,1-6H3. The zero-order chi connectivity index (χ0) is 16.6. The lowest BCUT2D eigenvalue weighted by Gasteiger charge is -2.26. The highest BCUT2D eigenvalue weighted by molar-refractivity contribution is 5.54. The van der Waals surface area contributed by atoms with Crippen molar-refractivity contribution >= 4 is 0 Å². The van der Waals surface area contributed by atoms with E-state index in [1.165, 1.54) is 0 Å². The molecule has 1 unspecified atom stereocenters. The average molecular weight is 298 g/mol. The summed E-state index contributed by atoms with van der Waals surface area (Å²) < 4.78 is 0. The normalized spacial score (nSPS) is 12.7. The first-order chi connectivity index (χ1) is 10.2. The van der Waals surface area contributed by atoms with E-state index in [0.29, 0.717) is 11.5 Å². The molecule has 2 aromatic rings. The van der Waals surface area contributed by atoms with Crippen molar-refractivity contribution in [1.29, 1.82) is 0 Å². The van der Waals surface area contributed by atoms with Crippen molar-refractivity contribution in [3.05, 3.63) is 57.6 Å². The molecule has 0 aliphatic heterocycles. The summed E-state index contributed by atoms with van der Waals surface area (Å²) in [6.45, 7) is 12.2. The maximum absolute atomic E-state index is 10.6. The van der Waals surface area contributed by atoms with Gasteiger partial charge in [-0.1, -0.05) is 37.6 Å². The number of phenols is 2. The third-order valence-electron chi connectivity index (χ3n) is 4.30. The van der Waals surface area contributed by atoms with E-state index in [-0.39, 0.29) is 11.8 Å². The van der Waals surface area contributed by atoms with Gasteiger partial charge in [0, 0.05) is 17.0 Å². The van der Waals surface area contributed by atoms with E-state index in [9.17, 15) is 10.2 Å². The molecule has 2 rings (SSSR count). The fourth-order valence-corrected chi connectivity index (χ4v) is 3.44. The van der Waals surface area contributed by atoms with Gasteiger partial charge in [0.25, 0.3) is 0 Å². The Morgan fingerprint density at radius 1 is 0.773 bits per heavy atom. The summed E-state index contributed by atoms with van der Waals surface area (Å²) in [5, 5.41) is 21.1. The third-order valence-corrected chi connectivity index (χ3v) is 4.30. The number of aromatic hydroxyl groups is 2. The molecule has 22 heavy (non-hydrogen) atoms. The van der Waals surface area contributed by atoms with Crippen molar-refractivity contribution in [3.8, 4) is 11.5 Å². The summed E-state index contributed by atoms with van der Waals surface area (Å²) in [5.74, 6) is 0.886. The van der Waals surface area contributed by atoms with Gasteiger partial charge in [-0.05, 0) is 56.4 Å². The van der Waals surface area contributed by atoms with Gasteiger partial charge in [-0.25, -0.2) is 0 Å². The molecule has 0 spiro atoms. The van der Waals surface area contributed by atoms with Gasteiger partial charge in [0.2, 0.25) is 0 Å². The summed E-state index contributed by atoms with van der Waals surface area (Å²) in [6, 6.07) is 7.91. The van der Waals surface area contributed by atoms with E-state index in [4.69, 9.17) is 0 Å². The number of phenolic OH excluding ortho intramolecular Hbond substituents is 2. The molecule has 2 heteroatoms. The van der Waals surface area contributed by atoms with Gasteiger partial charge in [-0.3, -0.25) is 0 Å². The monoisotopic (exact) mass is 298 g/mol. The molecule has 2 N–H and O–H groups in total. The van der Waals surface area contributed by atoms with E-state index in [2.05, 4.69) is 19.9 Å². The van der Waals surface area contributed by atoms with Crippen molar-refractivity contribution in [3.63, 3.8) is 0 Å². The fourth-order valence-electron chi connectivity index (χ4n) is 3.44. The predicted octanol–water partition coefficient (Wildman–Crippen LogP) is 5.12. The largest absolute Gasteiger partial charge is 0.508 e. The first-order valence-corrected chi connectivity index (χ1v) is 7.82. The Labute approximate surface area is 133 Å². The maximum atomic E-state index is 10.6. The number of benzene rings is 2. The first-order valence-electron chi connectivity index (χ1n) is 7.82. The zero-order valence-corrected chi connectivity index (χ0v) is 14.4. The Balaban J connectivity index is 2.73. The molecule has 0 amide bonds. The van der Waals surface area contributed by atoms with Crippen molar-refractivity contribution in [2.24, 2.45) is 5.92 Å². The Kier molecular flexibility index (Phi) is 4.50. The van der Waals surface area contributed by atoms with Crippen molar-refractivity contribution in [2.45, 2.75) is 47.5 Å². The van der Waals surface area contributed by atoms with Gasteiger partial charge in [-0.15, -0.1) is 0 Å². The van der Waals surface area contributed by atoms with Crippen LogP contribution < -0.4 is 0 Å². The number of aryl methyl sites for hydroxylation is 4. The molecule has 0 aromatic heterocycles. The highest BCUT2D eigenvalue weighted by atomic mass is 16.3. The molecule has 0 saturated heterocycles. The Bertz CT molecular complexity index is 676. The van der Waals surface area contributed by atoms with Crippen LogP contribution in [0.4, 0.5) is 0 Å². The lowest BCUT2D eigenvalue weighted by Crippen LogP contribution is -2.12. The highest BCUT2D eigenvalue weighted by Crippen LogP contribution is 2.43. The van der Waals surface area contributed by atoms with Crippen molar-refractivity contribution in [1.82, 2.24) is 0 Å². The molecule has 0 bridgehead atoms. The van der Waals surface area contributed by atoms with E-state index in [1.807, 2.05) is 39.8 Å². The van der Waals surface area contributed by atoms with Crippen LogP contribution in [-0.4, -0.2) is 10.2 Å². The van der Waals surface area contributed by atoms with Gasteiger partial charge < -0.3 is 10.2 Å². The molecule has 0 radical (unpaired) electrons. The third kappa shape index (κ3) is 2.96. The summed E-state index contributed by atoms with van der Waals surface area (Å²) in [5.41, 5.74) is 5.93. The van der Waals surface area contributed by atoms with Crippen LogP contribution in [0.5, 0.6) is 11.5 Å².